The Balaban J connectivity index is 1.84. The first-order chi connectivity index (χ1) is 11.4. The monoisotopic (exact) mass is 333 g/mol. The van der Waals surface area contributed by atoms with E-state index >= 15 is 0 Å². The van der Waals surface area contributed by atoms with Crippen molar-refractivity contribution in [2.45, 2.75) is 25.6 Å². The average Bonchev–Trinajstić information content (AvgIpc) is 3.07. The number of ketones is 1. The molecule has 2 aromatic carbocycles. The lowest BCUT2D eigenvalue weighted by Gasteiger charge is -2.17. The minimum Gasteiger partial charge on any atom is -0.299 e. The summed E-state index contributed by atoms with van der Waals surface area (Å²) in [6, 6.07) is 11.7. The minimum atomic E-state index is -4.39. The van der Waals surface area contributed by atoms with Crippen LogP contribution in [0.5, 0.6) is 0 Å². The van der Waals surface area contributed by atoms with Gasteiger partial charge < -0.3 is 0 Å². The van der Waals surface area contributed by atoms with Gasteiger partial charge in [0.15, 0.2) is 5.78 Å². The maximum absolute atomic E-state index is 12.7. The first-order valence-electron chi connectivity index (χ1n) is 7.97. The molecular formula is C19H18F3NO. The topological polar surface area (TPSA) is 20.3 Å². The Labute approximate surface area is 138 Å². The van der Waals surface area contributed by atoms with Crippen molar-refractivity contribution < 1.29 is 18.0 Å². The first-order valence-corrected chi connectivity index (χ1v) is 7.97. The molecule has 0 aromatic heterocycles. The molecule has 2 aromatic rings. The maximum atomic E-state index is 12.7. The molecule has 0 radical (unpaired) electrons. The molecule has 0 unspecified atom stereocenters. The third-order valence-corrected chi connectivity index (χ3v) is 4.33. The zero-order valence-corrected chi connectivity index (χ0v) is 13.1. The van der Waals surface area contributed by atoms with Crippen molar-refractivity contribution >= 4 is 5.78 Å². The molecule has 5 heteroatoms. The average molecular weight is 333 g/mol. The van der Waals surface area contributed by atoms with E-state index in [4.69, 9.17) is 0 Å². The molecule has 0 N–H and O–H groups in total. The molecule has 1 heterocycles. The molecule has 3 rings (SSSR count). The summed E-state index contributed by atoms with van der Waals surface area (Å²) >= 11 is 0. The highest BCUT2D eigenvalue weighted by molar-refractivity contribution is 6.09. The number of carbonyl (C=O) groups is 1. The largest absolute Gasteiger partial charge is 0.416 e. The minimum absolute atomic E-state index is 0.237. The Morgan fingerprint density at radius 2 is 1.58 bits per heavy atom. The third-order valence-electron chi connectivity index (χ3n) is 4.33. The number of rotatable bonds is 4. The molecule has 126 valence electrons. The molecule has 1 aliphatic heterocycles. The molecule has 24 heavy (non-hydrogen) atoms. The molecule has 0 saturated carbocycles. The second-order valence-corrected chi connectivity index (χ2v) is 6.04. The van der Waals surface area contributed by atoms with E-state index in [2.05, 4.69) is 4.90 Å². The van der Waals surface area contributed by atoms with E-state index in [9.17, 15) is 18.0 Å². The first kappa shape index (κ1) is 16.7. The van der Waals surface area contributed by atoms with Crippen molar-refractivity contribution in [2.75, 3.05) is 13.1 Å². The lowest BCUT2D eigenvalue weighted by atomic mass is 9.97. The van der Waals surface area contributed by atoms with Gasteiger partial charge in [0.25, 0.3) is 0 Å². The summed E-state index contributed by atoms with van der Waals surface area (Å²) in [6.07, 6.45) is -2.07. The van der Waals surface area contributed by atoms with E-state index in [1.807, 2.05) is 12.1 Å². The SMILES string of the molecule is O=C(c1ccc(C(F)(F)F)cc1)c1ccccc1CN1CCCC1. The number of benzene rings is 2. The van der Waals surface area contributed by atoms with Crippen LogP contribution in [0.2, 0.25) is 0 Å². The van der Waals surface area contributed by atoms with Crippen molar-refractivity contribution in [3.05, 3.63) is 70.8 Å². The summed E-state index contributed by atoms with van der Waals surface area (Å²) in [5, 5.41) is 0. The summed E-state index contributed by atoms with van der Waals surface area (Å²) in [5.74, 6) is -0.237. The van der Waals surface area contributed by atoms with Gasteiger partial charge in [-0.1, -0.05) is 36.4 Å². The van der Waals surface area contributed by atoms with Gasteiger partial charge in [0.2, 0.25) is 0 Å². The molecule has 0 atom stereocenters. The number of alkyl halides is 3. The van der Waals surface area contributed by atoms with Gasteiger partial charge in [0.1, 0.15) is 0 Å². The van der Waals surface area contributed by atoms with Crippen molar-refractivity contribution in [1.29, 1.82) is 0 Å². The highest BCUT2D eigenvalue weighted by atomic mass is 19.4. The van der Waals surface area contributed by atoms with E-state index in [1.54, 1.807) is 12.1 Å². The Kier molecular flexibility index (Phi) is 4.71. The lowest BCUT2D eigenvalue weighted by molar-refractivity contribution is -0.137. The lowest BCUT2D eigenvalue weighted by Crippen LogP contribution is -2.20. The summed E-state index contributed by atoms with van der Waals surface area (Å²) in [4.78, 5) is 15.0. The number of likely N-dealkylation sites (tertiary alicyclic amines) is 1. The van der Waals surface area contributed by atoms with E-state index in [0.29, 0.717) is 12.1 Å². The number of hydrogen-bond acceptors (Lipinski definition) is 2. The second-order valence-electron chi connectivity index (χ2n) is 6.04. The van der Waals surface area contributed by atoms with Crippen LogP contribution < -0.4 is 0 Å². The third kappa shape index (κ3) is 3.67. The molecule has 0 amide bonds. The van der Waals surface area contributed by atoms with Crippen LogP contribution in [-0.2, 0) is 12.7 Å². The highest BCUT2D eigenvalue weighted by Crippen LogP contribution is 2.29. The van der Waals surface area contributed by atoms with Crippen LogP contribution in [0.1, 0.15) is 39.9 Å². The quantitative estimate of drug-likeness (QED) is 0.766. The van der Waals surface area contributed by atoms with Gasteiger partial charge in [-0.3, -0.25) is 9.69 Å². The fraction of sp³-hybridized carbons (Fsp3) is 0.316. The summed E-state index contributed by atoms with van der Waals surface area (Å²) < 4.78 is 37.9. The summed E-state index contributed by atoms with van der Waals surface area (Å²) in [6.45, 7) is 2.73. The molecular weight excluding hydrogens is 315 g/mol. The summed E-state index contributed by atoms with van der Waals surface area (Å²) in [5.41, 5.74) is 1.01. The fourth-order valence-corrected chi connectivity index (χ4v) is 3.03. The van der Waals surface area contributed by atoms with Crippen LogP contribution in [0.25, 0.3) is 0 Å². The predicted molar refractivity (Wildman–Crippen MR) is 85.8 cm³/mol. The van der Waals surface area contributed by atoms with Gasteiger partial charge in [-0.15, -0.1) is 0 Å². The van der Waals surface area contributed by atoms with Crippen LogP contribution in [0.3, 0.4) is 0 Å². The number of nitrogens with zero attached hydrogens (tertiary/aromatic N) is 1. The van der Waals surface area contributed by atoms with Crippen LogP contribution in [0.4, 0.5) is 13.2 Å². The van der Waals surface area contributed by atoms with Crippen LogP contribution >= 0.6 is 0 Å². The van der Waals surface area contributed by atoms with Crippen LogP contribution in [0, 0.1) is 0 Å². The zero-order chi connectivity index (χ0) is 17.2. The Bertz CT molecular complexity index is 716. The van der Waals surface area contributed by atoms with Gasteiger partial charge >= 0.3 is 6.18 Å². The van der Waals surface area contributed by atoms with Gasteiger partial charge in [0, 0.05) is 17.7 Å². The fourth-order valence-electron chi connectivity index (χ4n) is 3.03. The molecule has 0 bridgehead atoms. The molecule has 1 saturated heterocycles. The van der Waals surface area contributed by atoms with Gasteiger partial charge in [0.05, 0.1) is 5.56 Å². The highest BCUT2D eigenvalue weighted by Gasteiger charge is 2.30. The summed E-state index contributed by atoms with van der Waals surface area (Å²) in [7, 11) is 0. The maximum Gasteiger partial charge on any atom is 0.416 e. The smallest absolute Gasteiger partial charge is 0.299 e. The van der Waals surface area contributed by atoms with Gasteiger partial charge in [-0.25, -0.2) is 0 Å². The molecule has 1 fully saturated rings. The van der Waals surface area contributed by atoms with Crippen LogP contribution in [-0.4, -0.2) is 23.8 Å². The van der Waals surface area contributed by atoms with E-state index in [0.717, 1.165) is 43.6 Å². The van der Waals surface area contributed by atoms with Crippen molar-refractivity contribution in [3.8, 4) is 0 Å². The van der Waals surface area contributed by atoms with Gasteiger partial charge in [-0.2, -0.15) is 13.2 Å². The normalized spacial score (nSPS) is 15.6. The van der Waals surface area contributed by atoms with E-state index in [1.165, 1.54) is 12.1 Å². The Morgan fingerprint density at radius 3 is 2.21 bits per heavy atom. The molecule has 1 aliphatic rings. The zero-order valence-electron chi connectivity index (χ0n) is 13.1. The van der Waals surface area contributed by atoms with Crippen molar-refractivity contribution in [2.24, 2.45) is 0 Å². The standard InChI is InChI=1S/C19H18F3NO/c20-19(21,22)16-9-7-14(8-10-16)18(24)17-6-2-1-5-15(17)13-23-11-3-4-12-23/h1-2,5-10H,3-4,11-13H2. The Hall–Kier alpha value is -2.14. The van der Waals surface area contributed by atoms with Gasteiger partial charge in [-0.05, 0) is 43.6 Å². The number of carbonyl (C=O) groups excluding carboxylic acids is 1. The van der Waals surface area contributed by atoms with E-state index < -0.39 is 11.7 Å². The molecule has 0 spiro atoms. The van der Waals surface area contributed by atoms with Crippen molar-refractivity contribution in [3.63, 3.8) is 0 Å². The Morgan fingerprint density at radius 1 is 0.958 bits per heavy atom. The number of hydrogen-bond donors (Lipinski definition) is 0. The predicted octanol–water partition coefficient (Wildman–Crippen LogP) is 4.53. The second kappa shape index (κ2) is 6.77. The van der Waals surface area contributed by atoms with Crippen molar-refractivity contribution in [1.82, 2.24) is 4.90 Å². The number of halogens is 3. The molecule has 2 nitrogen and oxygen atoms in total. The van der Waals surface area contributed by atoms with Crippen LogP contribution in [0.15, 0.2) is 48.5 Å². The van der Waals surface area contributed by atoms with E-state index in [-0.39, 0.29) is 11.3 Å². The molecule has 0 aliphatic carbocycles.